The molecule has 88 valence electrons. The second kappa shape index (κ2) is 5.24. The fourth-order valence-corrected chi connectivity index (χ4v) is 3.64. The van der Waals surface area contributed by atoms with Gasteiger partial charge >= 0.3 is 0 Å². The van der Waals surface area contributed by atoms with E-state index < -0.39 is 0 Å². The van der Waals surface area contributed by atoms with E-state index in [0.29, 0.717) is 5.25 Å². The molecule has 1 aliphatic heterocycles. The van der Waals surface area contributed by atoms with E-state index >= 15 is 0 Å². The van der Waals surface area contributed by atoms with Gasteiger partial charge in [-0.3, -0.25) is 0 Å². The second-order valence-corrected chi connectivity index (χ2v) is 5.99. The summed E-state index contributed by atoms with van der Waals surface area (Å²) < 4.78 is 0. The lowest BCUT2D eigenvalue weighted by Gasteiger charge is -2.27. The van der Waals surface area contributed by atoms with Gasteiger partial charge in [0.15, 0.2) is 0 Å². The maximum atomic E-state index is 10.4. The molecular formula is C14H20OS. The third kappa shape index (κ3) is 2.44. The lowest BCUT2D eigenvalue weighted by molar-refractivity contribution is 0.168. The zero-order chi connectivity index (χ0) is 11.5. The zero-order valence-corrected chi connectivity index (χ0v) is 10.9. The maximum Gasteiger partial charge on any atom is 0.0911 e. The highest BCUT2D eigenvalue weighted by Gasteiger charge is 2.24. The molecule has 0 amide bonds. The predicted molar refractivity (Wildman–Crippen MR) is 71.0 cm³/mol. The van der Waals surface area contributed by atoms with Crippen LogP contribution in [0.2, 0.25) is 0 Å². The topological polar surface area (TPSA) is 20.2 Å². The van der Waals surface area contributed by atoms with Gasteiger partial charge in [0.05, 0.1) is 6.10 Å². The van der Waals surface area contributed by atoms with Crippen molar-refractivity contribution in [3.05, 3.63) is 34.9 Å². The summed E-state index contributed by atoms with van der Waals surface area (Å²) in [5, 5.41) is 10.8. The molecule has 1 N–H and O–H groups in total. The van der Waals surface area contributed by atoms with Crippen molar-refractivity contribution in [1.82, 2.24) is 0 Å². The number of hydrogen-bond acceptors (Lipinski definition) is 2. The Hall–Kier alpha value is -0.470. The highest BCUT2D eigenvalue weighted by atomic mass is 32.2. The minimum atomic E-state index is -0.287. The Bertz CT molecular complexity index is 356. The first kappa shape index (κ1) is 12.0. The van der Waals surface area contributed by atoms with Crippen molar-refractivity contribution >= 4 is 11.8 Å². The van der Waals surface area contributed by atoms with Gasteiger partial charge in [0.2, 0.25) is 0 Å². The van der Waals surface area contributed by atoms with E-state index in [9.17, 15) is 5.11 Å². The Balaban J connectivity index is 2.19. The van der Waals surface area contributed by atoms with Gasteiger partial charge in [-0.1, -0.05) is 24.6 Å². The van der Waals surface area contributed by atoms with E-state index in [4.69, 9.17) is 0 Å². The Morgan fingerprint density at radius 2 is 2.12 bits per heavy atom. The molecule has 1 fully saturated rings. The number of rotatable bonds is 2. The van der Waals surface area contributed by atoms with E-state index in [0.717, 1.165) is 12.0 Å². The van der Waals surface area contributed by atoms with Crippen LogP contribution >= 0.6 is 11.8 Å². The highest BCUT2D eigenvalue weighted by molar-refractivity contribution is 7.99. The first-order chi connectivity index (χ1) is 7.70. The minimum absolute atomic E-state index is 0.287. The van der Waals surface area contributed by atoms with Gasteiger partial charge < -0.3 is 5.11 Å². The van der Waals surface area contributed by atoms with Crippen LogP contribution in [0.1, 0.15) is 42.1 Å². The van der Waals surface area contributed by atoms with Crippen LogP contribution in [0.3, 0.4) is 0 Å². The van der Waals surface area contributed by atoms with Crippen molar-refractivity contribution in [2.24, 2.45) is 0 Å². The molecule has 1 aromatic carbocycles. The summed E-state index contributed by atoms with van der Waals surface area (Å²) in [7, 11) is 0. The SMILES string of the molecule is Cc1cccc(C(O)C2CCCCS2)c1C. The van der Waals surface area contributed by atoms with Gasteiger partial charge in [-0.05, 0) is 49.1 Å². The maximum absolute atomic E-state index is 10.4. The highest BCUT2D eigenvalue weighted by Crippen LogP contribution is 2.36. The number of thioether (sulfide) groups is 1. The standard InChI is InChI=1S/C14H20OS/c1-10-6-5-7-12(11(10)2)14(15)13-8-3-4-9-16-13/h5-7,13-15H,3-4,8-9H2,1-2H3. The minimum Gasteiger partial charge on any atom is -0.387 e. The summed E-state index contributed by atoms with van der Waals surface area (Å²) in [6.07, 6.45) is 3.43. The predicted octanol–water partition coefficient (Wildman–Crippen LogP) is 3.62. The largest absolute Gasteiger partial charge is 0.387 e. The molecule has 1 heterocycles. The van der Waals surface area contributed by atoms with Gasteiger partial charge in [0, 0.05) is 5.25 Å². The molecule has 2 atom stereocenters. The van der Waals surface area contributed by atoms with E-state index in [1.165, 1.54) is 29.7 Å². The Labute approximate surface area is 102 Å². The first-order valence-electron chi connectivity index (χ1n) is 6.06. The fourth-order valence-electron chi connectivity index (χ4n) is 2.31. The number of hydrogen-bond donors (Lipinski definition) is 1. The van der Waals surface area contributed by atoms with Crippen LogP contribution in [0, 0.1) is 13.8 Å². The molecule has 2 heteroatoms. The number of aliphatic hydroxyl groups excluding tert-OH is 1. The molecule has 0 aliphatic carbocycles. The van der Waals surface area contributed by atoms with Gasteiger partial charge in [-0.25, -0.2) is 0 Å². The zero-order valence-electron chi connectivity index (χ0n) is 10.1. The second-order valence-electron chi connectivity index (χ2n) is 4.64. The van der Waals surface area contributed by atoms with Crippen molar-refractivity contribution < 1.29 is 5.11 Å². The normalized spacial score (nSPS) is 23.1. The third-order valence-corrected chi connectivity index (χ3v) is 4.98. The lowest BCUT2D eigenvalue weighted by atomic mass is 9.95. The lowest BCUT2D eigenvalue weighted by Crippen LogP contribution is -2.19. The third-order valence-electron chi connectivity index (χ3n) is 3.53. The van der Waals surface area contributed by atoms with Crippen LogP contribution in [0.15, 0.2) is 18.2 Å². The van der Waals surface area contributed by atoms with E-state index in [-0.39, 0.29) is 6.10 Å². The summed E-state index contributed by atoms with van der Waals surface area (Å²) in [5.41, 5.74) is 3.65. The molecule has 0 aromatic heterocycles. The quantitative estimate of drug-likeness (QED) is 0.846. The van der Waals surface area contributed by atoms with Crippen LogP contribution in [0.5, 0.6) is 0 Å². The molecule has 0 radical (unpaired) electrons. The average Bonchev–Trinajstić information content (AvgIpc) is 2.33. The van der Waals surface area contributed by atoms with Gasteiger partial charge in [0.1, 0.15) is 0 Å². The van der Waals surface area contributed by atoms with Crippen molar-refractivity contribution in [2.45, 2.75) is 44.5 Å². The number of aliphatic hydroxyl groups is 1. The van der Waals surface area contributed by atoms with Crippen LogP contribution in [-0.4, -0.2) is 16.1 Å². The molecule has 1 aromatic rings. The Kier molecular flexibility index (Phi) is 3.93. The molecule has 0 saturated carbocycles. The van der Waals surface area contributed by atoms with Crippen molar-refractivity contribution in [3.8, 4) is 0 Å². The summed E-state index contributed by atoms with van der Waals surface area (Å²) in [6, 6.07) is 6.23. The first-order valence-corrected chi connectivity index (χ1v) is 7.11. The molecular weight excluding hydrogens is 216 g/mol. The van der Waals surface area contributed by atoms with Crippen LogP contribution in [0.4, 0.5) is 0 Å². The van der Waals surface area contributed by atoms with Gasteiger partial charge in [-0.2, -0.15) is 11.8 Å². The summed E-state index contributed by atoms with van der Waals surface area (Å²) in [5.74, 6) is 1.20. The molecule has 16 heavy (non-hydrogen) atoms. The number of aryl methyl sites for hydroxylation is 1. The van der Waals surface area contributed by atoms with E-state index in [2.05, 4.69) is 26.0 Å². The average molecular weight is 236 g/mol. The molecule has 2 unspecified atom stereocenters. The van der Waals surface area contributed by atoms with Crippen LogP contribution < -0.4 is 0 Å². The molecule has 0 spiro atoms. The Morgan fingerprint density at radius 3 is 2.81 bits per heavy atom. The van der Waals surface area contributed by atoms with Crippen LogP contribution in [-0.2, 0) is 0 Å². The van der Waals surface area contributed by atoms with Crippen molar-refractivity contribution in [3.63, 3.8) is 0 Å². The molecule has 1 saturated heterocycles. The van der Waals surface area contributed by atoms with E-state index in [1.54, 1.807) is 0 Å². The number of benzene rings is 1. The van der Waals surface area contributed by atoms with Crippen LogP contribution in [0.25, 0.3) is 0 Å². The van der Waals surface area contributed by atoms with Crippen molar-refractivity contribution in [2.75, 3.05) is 5.75 Å². The fraction of sp³-hybridized carbons (Fsp3) is 0.571. The van der Waals surface area contributed by atoms with Gasteiger partial charge in [0.25, 0.3) is 0 Å². The van der Waals surface area contributed by atoms with Crippen molar-refractivity contribution in [1.29, 1.82) is 0 Å². The Morgan fingerprint density at radius 1 is 1.31 bits per heavy atom. The van der Waals surface area contributed by atoms with Gasteiger partial charge in [-0.15, -0.1) is 0 Å². The molecule has 0 bridgehead atoms. The molecule has 1 aliphatic rings. The smallest absolute Gasteiger partial charge is 0.0911 e. The summed E-state index contributed by atoms with van der Waals surface area (Å²) >= 11 is 1.93. The summed E-state index contributed by atoms with van der Waals surface area (Å²) in [6.45, 7) is 4.22. The van der Waals surface area contributed by atoms with E-state index in [1.807, 2.05) is 17.8 Å². The molecule has 2 rings (SSSR count). The summed E-state index contributed by atoms with van der Waals surface area (Å²) in [4.78, 5) is 0. The monoisotopic (exact) mass is 236 g/mol. The molecule has 1 nitrogen and oxygen atoms in total.